The average Bonchev–Trinajstić information content (AvgIpc) is 3.06. The number of hydrogen-bond donors (Lipinski definition) is 0. The number of amides is 1. The van der Waals surface area contributed by atoms with Gasteiger partial charge in [0.05, 0.1) is 0 Å². The molecule has 1 aliphatic rings. The van der Waals surface area contributed by atoms with Crippen molar-refractivity contribution in [2.45, 2.75) is 13.3 Å². The van der Waals surface area contributed by atoms with E-state index in [0.717, 1.165) is 10.0 Å². The number of aryl methyl sites for hydroxylation is 1. The summed E-state index contributed by atoms with van der Waals surface area (Å²) < 4.78 is 41.4. The van der Waals surface area contributed by atoms with Crippen LogP contribution < -0.4 is 9.64 Å². The third-order valence-corrected chi connectivity index (χ3v) is 4.99. The van der Waals surface area contributed by atoms with E-state index >= 15 is 0 Å². The van der Waals surface area contributed by atoms with Crippen molar-refractivity contribution in [3.63, 3.8) is 0 Å². The van der Waals surface area contributed by atoms with Crippen molar-refractivity contribution >= 4 is 28.5 Å². The molecule has 0 saturated carbocycles. The Morgan fingerprint density at radius 3 is 2.56 bits per heavy atom. The van der Waals surface area contributed by atoms with Gasteiger partial charge in [0, 0.05) is 48.9 Å². The van der Waals surface area contributed by atoms with Crippen LogP contribution in [0.5, 0.6) is 5.75 Å². The Labute approximate surface area is 158 Å². The Bertz CT molecular complexity index is 827. The second kappa shape index (κ2) is 7.99. The van der Waals surface area contributed by atoms with Gasteiger partial charge in [-0.2, -0.15) is 0 Å². The molecule has 1 amide bonds. The number of nitrogens with zero attached hydrogens (tertiary/aromatic N) is 3. The lowest BCUT2D eigenvalue weighted by Gasteiger charge is -2.34. The maximum atomic E-state index is 12.5. The molecule has 144 valence electrons. The first-order valence-electron chi connectivity index (χ1n) is 8.31. The number of alkyl halides is 3. The third-order valence-electron chi connectivity index (χ3n) is 4.02. The van der Waals surface area contributed by atoms with Crippen LogP contribution in [-0.2, 0) is 4.79 Å². The van der Waals surface area contributed by atoms with Gasteiger partial charge in [-0.1, -0.05) is 18.2 Å². The zero-order valence-corrected chi connectivity index (χ0v) is 15.4. The van der Waals surface area contributed by atoms with Crippen LogP contribution in [0.1, 0.15) is 10.4 Å². The van der Waals surface area contributed by atoms with Crippen molar-refractivity contribution in [1.29, 1.82) is 0 Å². The molecule has 9 heteroatoms. The minimum absolute atomic E-state index is 0.195. The summed E-state index contributed by atoms with van der Waals surface area (Å²) in [6.45, 7) is 4.39. The zero-order valence-electron chi connectivity index (χ0n) is 14.6. The molecule has 0 atom stereocenters. The number of piperazine rings is 1. The molecule has 1 aromatic carbocycles. The van der Waals surface area contributed by atoms with E-state index < -0.39 is 6.36 Å². The van der Waals surface area contributed by atoms with E-state index in [-0.39, 0.29) is 17.2 Å². The van der Waals surface area contributed by atoms with E-state index in [1.807, 2.05) is 13.1 Å². The summed E-state index contributed by atoms with van der Waals surface area (Å²) in [5, 5.41) is 0.938. The van der Waals surface area contributed by atoms with Gasteiger partial charge in [-0.3, -0.25) is 4.79 Å². The van der Waals surface area contributed by atoms with Crippen LogP contribution in [-0.4, -0.2) is 48.3 Å². The van der Waals surface area contributed by atoms with Gasteiger partial charge in [0.2, 0.25) is 5.91 Å². The number of hydrogen-bond acceptors (Lipinski definition) is 5. The predicted molar refractivity (Wildman–Crippen MR) is 97.8 cm³/mol. The maximum Gasteiger partial charge on any atom is 0.573 e. The summed E-state index contributed by atoms with van der Waals surface area (Å²) in [7, 11) is 0. The number of ether oxygens (including phenoxy) is 1. The summed E-state index contributed by atoms with van der Waals surface area (Å²) >= 11 is 1.61. The molecule has 0 N–H and O–H groups in total. The van der Waals surface area contributed by atoms with Gasteiger partial charge in [-0.25, -0.2) is 4.98 Å². The lowest BCUT2D eigenvalue weighted by Crippen LogP contribution is -2.48. The number of anilines is 1. The van der Waals surface area contributed by atoms with Gasteiger partial charge >= 0.3 is 6.36 Å². The molecule has 1 aliphatic heterocycles. The minimum Gasteiger partial charge on any atom is -0.405 e. The van der Waals surface area contributed by atoms with E-state index in [4.69, 9.17) is 0 Å². The second-order valence-electron chi connectivity index (χ2n) is 5.98. The fourth-order valence-electron chi connectivity index (χ4n) is 2.71. The van der Waals surface area contributed by atoms with Crippen LogP contribution in [0.15, 0.2) is 36.5 Å². The van der Waals surface area contributed by atoms with E-state index in [0.29, 0.717) is 26.2 Å². The molecule has 1 fully saturated rings. The molecule has 1 aromatic heterocycles. The number of rotatable bonds is 4. The minimum atomic E-state index is -4.78. The second-order valence-corrected chi connectivity index (χ2v) is 7.20. The predicted octanol–water partition coefficient (Wildman–Crippen LogP) is 3.71. The molecule has 3 rings (SSSR count). The van der Waals surface area contributed by atoms with Crippen LogP contribution >= 0.6 is 11.3 Å². The van der Waals surface area contributed by atoms with Crippen molar-refractivity contribution in [1.82, 2.24) is 9.88 Å². The molecular weight excluding hydrogens is 379 g/mol. The van der Waals surface area contributed by atoms with Crippen molar-refractivity contribution in [3.8, 4) is 5.75 Å². The Morgan fingerprint density at radius 1 is 1.22 bits per heavy atom. The number of carbonyl (C=O) groups excluding carboxylic acids is 1. The first-order valence-corrected chi connectivity index (χ1v) is 9.12. The number of carbonyl (C=O) groups is 1. The quantitative estimate of drug-likeness (QED) is 0.738. The van der Waals surface area contributed by atoms with Gasteiger partial charge in [-0.05, 0) is 19.1 Å². The molecule has 0 aliphatic carbocycles. The summed E-state index contributed by atoms with van der Waals surface area (Å²) in [5.41, 5.74) is 0.195. The number of thiazole rings is 1. The molecule has 1 saturated heterocycles. The fraction of sp³-hybridized carbons (Fsp3) is 0.333. The molecule has 0 radical (unpaired) electrons. The molecule has 5 nitrogen and oxygen atoms in total. The van der Waals surface area contributed by atoms with Crippen molar-refractivity contribution in [2.75, 3.05) is 31.1 Å². The first-order chi connectivity index (χ1) is 12.8. The first kappa shape index (κ1) is 19.2. The monoisotopic (exact) mass is 397 g/mol. The number of halogens is 3. The van der Waals surface area contributed by atoms with E-state index in [9.17, 15) is 18.0 Å². The Morgan fingerprint density at radius 2 is 1.93 bits per heavy atom. The summed E-state index contributed by atoms with van der Waals surface area (Å²) in [6, 6.07) is 5.71. The largest absolute Gasteiger partial charge is 0.573 e. The van der Waals surface area contributed by atoms with Gasteiger partial charge in [0.25, 0.3) is 0 Å². The topological polar surface area (TPSA) is 45.7 Å². The lowest BCUT2D eigenvalue weighted by molar-refractivity contribution is -0.274. The Balaban J connectivity index is 1.60. The van der Waals surface area contributed by atoms with Crippen LogP contribution in [0.3, 0.4) is 0 Å². The summed E-state index contributed by atoms with van der Waals surface area (Å²) in [4.78, 5) is 21.6. The maximum absolute atomic E-state index is 12.5. The number of aromatic nitrogens is 1. The van der Waals surface area contributed by atoms with E-state index in [2.05, 4.69) is 14.6 Å². The van der Waals surface area contributed by atoms with Crippen LogP contribution in [0.4, 0.5) is 18.3 Å². The molecule has 0 spiro atoms. The van der Waals surface area contributed by atoms with Crippen LogP contribution in [0, 0.1) is 6.92 Å². The highest BCUT2D eigenvalue weighted by Gasteiger charge is 2.31. The standard InChI is InChI=1S/C18H18F3N3O2S/c1-13-12-22-17(27-13)24-10-8-23(9-11-24)16(25)7-6-14-4-2-3-5-15(14)26-18(19,20)21/h2-7,12H,8-11H2,1H3/b7-6+. The molecule has 0 bridgehead atoms. The highest BCUT2D eigenvalue weighted by Crippen LogP contribution is 2.27. The Hall–Kier alpha value is -2.55. The van der Waals surface area contributed by atoms with E-state index in [1.165, 1.54) is 30.4 Å². The molecule has 0 unspecified atom stereocenters. The van der Waals surface area contributed by atoms with E-state index in [1.54, 1.807) is 22.3 Å². The highest BCUT2D eigenvalue weighted by molar-refractivity contribution is 7.15. The van der Waals surface area contributed by atoms with Crippen molar-refractivity contribution in [2.24, 2.45) is 0 Å². The SMILES string of the molecule is Cc1cnc(N2CCN(C(=O)/C=C/c3ccccc3OC(F)(F)F)CC2)s1. The zero-order chi connectivity index (χ0) is 19.4. The number of para-hydroxylation sites is 1. The molecule has 2 aromatic rings. The summed E-state index contributed by atoms with van der Waals surface area (Å²) in [5.74, 6) is -0.579. The third kappa shape index (κ3) is 5.22. The summed E-state index contributed by atoms with van der Waals surface area (Å²) in [6.07, 6.45) is -0.332. The van der Waals surface area contributed by atoms with Gasteiger partial charge in [0.1, 0.15) is 5.75 Å². The number of benzene rings is 1. The highest BCUT2D eigenvalue weighted by atomic mass is 32.1. The lowest BCUT2D eigenvalue weighted by atomic mass is 10.2. The van der Waals surface area contributed by atoms with Gasteiger partial charge in [0.15, 0.2) is 5.13 Å². The smallest absolute Gasteiger partial charge is 0.405 e. The van der Waals surface area contributed by atoms with Crippen LogP contribution in [0.25, 0.3) is 6.08 Å². The average molecular weight is 397 g/mol. The van der Waals surface area contributed by atoms with Gasteiger partial charge < -0.3 is 14.5 Å². The van der Waals surface area contributed by atoms with Crippen molar-refractivity contribution in [3.05, 3.63) is 47.0 Å². The molecule has 2 heterocycles. The molecular formula is C18H18F3N3O2S. The Kier molecular flexibility index (Phi) is 5.69. The van der Waals surface area contributed by atoms with Gasteiger partial charge in [-0.15, -0.1) is 24.5 Å². The fourth-order valence-corrected chi connectivity index (χ4v) is 3.52. The van der Waals surface area contributed by atoms with Crippen molar-refractivity contribution < 1.29 is 22.7 Å². The van der Waals surface area contributed by atoms with Crippen LogP contribution in [0.2, 0.25) is 0 Å². The molecule has 27 heavy (non-hydrogen) atoms. The normalized spacial score (nSPS) is 15.4.